The van der Waals surface area contributed by atoms with Crippen molar-refractivity contribution in [3.63, 3.8) is 0 Å². The van der Waals surface area contributed by atoms with E-state index < -0.39 is 11.8 Å². The molecule has 0 aromatic carbocycles. The molecule has 1 heterocycles. The maximum absolute atomic E-state index is 10.6. The van der Waals surface area contributed by atoms with E-state index >= 15 is 0 Å². The number of nitrogens with zero attached hydrogens (tertiary/aromatic N) is 1. The van der Waals surface area contributed by atoms with E-state index in [0.29, 0.717) is 0 Å². The number of amides is 3. The summed E-state index contributed by atoms with van der Waals surface area (Å²) in [6.07, 6.45) is 0. The van der Waals surface area contributed by atoms with Crippen LogP contribution in [0.15, 0.2) is 0 Å². The summed E-state index contributed by atoms with van der Waals surface area (Å²) in [6.45, 7) is -0.0823. The largest absolute Gasteiger partial charge is 0.339 e. The van der Waals surface area contributed by atoms with Crippen LogP contribution in [0.1, 0.15) is 0 Å². The number of likely N-dealkylation sites (N-methyl/N-ethyl adjacent to an activating group) is 1. The van der Waals surface area contributed by atoms with Crippen molar-refractivity contribution < 1.29 is 14.4 Å². The van der Waals surface area contributed by atoms with E-state index in [2.05, 4.69) is 5.32 Å². The summed E-state index contributed by atoms with van der Waals surface area (Å²) in [6, 6.07) is 0. The summed E-state index contributed by atoms with van der Waals surface area (Å²) in [5.41, 5.74) is 0. The molecule has 1 aliphatic heterocycles. The van der Waals surface area contributed by atoms with Crippen LogP contribution in [0.3, 0.4) is 0 Å². The van der Waals surface area contributed by atoms with Gasteiger partial charge in [-0.25, -0.2) is 0 Å². The second-order valence-corrected chi connectivity index (χ2v) is 1.94. The third-order valence-corrected chi connectivity index (χ3v) is 1.27. The molecule has 5 heteroatoms. The van der Waals surface area contributed by atoms with E-state index in [4.69, 9.17) is 0 Å². The van der Waals surface area contributed by atoms with Gasteiger partial charge in [0, 0.05) is 7.05 Å². The normalized spacial score (nSPS) is 19.3. The fourth-order valence-corrected chi connectivity index (χ4v) is 0.616. The van der Waals surface area contributed by atoms with Gasteiger partial charge in [-0.05, 0) is 0 Å². The second kappa shape index (κ2) is 2.09. The summed E-state index contributed by atoms with van der Waals surface area (Å²) in [5.74, 6) is -1.90. The SMILES string of the molecule is CN1C(=O)CNC(=O)C1=O. The molecular formula is C5H6N2O3. The van der Waals surface area contributed by atoms with Gasteiger partial charge in [-0.2, -0.15) is 0 Å². The Morgan fingerprint density at radius 1 is 1.40 bits per heavy atom. The number of hydrogen-bond donors (Lipinski definition) is 1. The van der Waals surface area contributed by atoms with Crippen molar-refractivity contribution in [1.29, 1.82) is 0 Å². The topological polar surface area (TPSA) is 66.5 Å². The zero-order valence-corrected chi connectivity index (χ0v) is 5.38. The molecule has 1 aliphatic rings. The van der Waals surface area contributed by atoms with Crippen molar-refractivity contribution in [3.05, 3.63) is 0 Å². The van der Waals surface area contributed by atoms with Crippen LogP contribution in [0.5, 0.6) is 0 Å². The van der Waals surface area contributed by atoms with Gasteiger partial charge in [0.2, 0.25) is 5.91 Å². The van der Waals surface area contributed by atoms with Gasteiger partial charge in [-0.3, -0.25) is 19.3 Å². The molecule has 10 heavy (non-hydrogen) atoms. The molecule has 0 unspecified atom stereocenters. The number of piperazine rings is 1. The molecule has 5 nitrogen and oxygen atoms in total. The van der Waals surface area contributed by atoms with Gasteiger partial charge in [0.1, 0.15) is 0 Å². The zero-order valence-electron chi connectivity index (χ0n) is 5.38. The predicted molar refractivity (Wildman–Crippen MR) is 30.8 cm³/mol. The summed E-state index contributed by atoms with van der Waals surface area (Å²) in [7, 11) is 1.28. The molecule has 1 rings (SSSR count). The van der Waals surface area contributed by atoms with Crippen LogP contribution >= 0.6 is 0 Å². The molecule has 3 amide bonds. The lowest BCUT2D eigenvalue weighted by Crippen LogP contribution is -2.53. The summed E-state index contributed by atoms with van der Waals surface area (Å²) in [4.78, 5) is 32.6. The molecule has 1 fully saturated rings. The van der Waals surface area contributed by atoms with Gasteiger partial charge in [0.25, 0.3) is 0 Å². The maximum atomic E-state index is 10.6. The Morgan fingerprint density at radius 3 is 2.50 bits per heavy atom. The van der Waals surface area contributed by atoms with E-state index in [-0.39, 0.29) is 12.5 Å². The van der Waals surface area contributed by atoms with Crippen LogP contribution in [0, 0.1) is 0 Å². The Morgan fingerprint density at radius 2 is 2.00 bits per heavy atom. The average Bonchev–Trinajstić information content (AvgIpc) is 1.93. The Labute approximate surface area is 57.0 Å². The number of rotatable bonds is 0. The van der Waals surface area contributed by atoms with Crippen LogP contribution in [-0.4, -0.2) is 36.2 Å². The third kappa shape index (κ3) is 0.854. The minimum absolute atomic E-state index is 0.0823. The van der Waals surface area contributed by atoms with Crippen molar-refractivity contribution in [2.24, 2.45) is 0 Å². The molecule has 0 aromatic heterocycles. The molecule has 1 N–H and O–H groups in total. The lowest BCUT2D eigenvalue weighted by atomic mass is 10.3. The van der Waals surface area contributed by atoms with Gasteiger partial charge < -0.3 is 5.32 Å². The lowest BCUT2D eigenvalue weighted by Gasteiger charge is -2.19. The van der Waals surface area contributed by atoms with Gasteiger partial charge >= 0.3 is 11.8 Å². The van der Waals surface area contributed by atoms with E-state index in [9.17, 15) is 14.4 Å². The summed E-state index contributed by atoms with van der Waals surface area (Å²) >= 11 is 0. The molecule has 0 saturated carbocycles. The smallest absolute Gasteiger partial charge is 0.318 e. The number of carbonyl (C=O) groups excluding carboxylic acids is 3. The monoisotopic (exact) mass is 142 g/mol. The van der Waals surface area contributed by atoms with Crippen LogP contribution in [0.2, 0.25) is 0 Å². The van der Waals surface area contributed by atoms with Gasteiger partial charge in [-0.15, -0.1) is 0 Å². The average molecular weight is 142 g/mol. The Hall–Kier alpha value is -1.39. The van der Waals surface area contributed by atoms with Crippen molar-refractivity contribution in [1.82, 2.24) is 10.2 Å². The first-order chi connectivity index (χ1) is 4.63. The minimum atomic E-state index is -0.795. The van der Waals surface area contributed by atoms with Gasteiger partial charge in [0.15, 0.2) is 0 Å². The zero-order chi connectivity index (χ0) is 7.72. The second-order valence-electron chi connectivity index (χ2n) is 1.94. The Bertz CT molecular complexity index is 211. The molecular weight excluding hydrogens is 136 g/mol. The Balaban J connectivity index is 2.79. The quantitative estimate of drug-likeness (QED) is 0.317. The van der Waals surface area contributed by atoms with Crippen molar-refractivity contribution in [2.75, 3.05) is 13.6 Å². The molecule has 0 atom stereocenters. The lowest BCUT2D eigenvalue weighted by molar-refractivity contribution is -0.154. The fourth-order valence-electron chi connectivity index (χ4n) is 0.616. The maximum Gasteiger partial charge on any atom is 0.318 e. The number of carbonyl (C=O) groups is 3. The van der Waals surface area contributed by atoms with Gasteiger partial charge in [-0.1, -0.05) is 0 Å². The fraction of sp³-hybridized carbons (Fsp3) is 0.400. The molecule has 0 radical (unpaired) electrons. The summed E-state index contributed by atoms with van der Waals surface area (Å²) in [5, 5.41) is 2.13. The molecule has 0 bridgehead atoms. The highest BCUT2D eigenvalue weighted by atomic mass is 16.2. The van der Waals surface area contributed by atoms with Crippen LogP contribution < -0.4 is 5.32 Å². The van der Waals surface area contributed by atoms with E-state index in [1.165, 1.54) is 7.05 Å². The first-order valence-electron chi connectivity index (χ1n) is 2.71. The first kappa shape index (κ1) is 6.73. The molecule has 54 valence electrons. The molecule has 1 saturated heterocycles. The molecule has 0 aliphatic carbocycles. The van der Waals surface area contributed by atoms with E-state index in [0.717, 1.165) is 4.90 Å². The van der Waals surface area contributed by atoms with Crippen LogP contribution in [0.4, 0.5) is 0 Å². The Kier molecular flexibility index (Phi) is 1.41. The predicted octanol–water partition coefficient (Wildman–Crippen LogP) is -1.90. The first-order valence-corrected chi connectivity index (χ1v) is 2.71. The third-order valence-electron chi connectivity index (χ3n) is 1.27. The highest BCUT2D eigenvalue weighted by molar-refractivity contribution is 6.39. The minimum Gasteiger partial charge on any atom is -0.339 e. The van der Waals surface area contributed by atoms with Crippen LogP contribution in [-0.2, 0) is 14.4 Å². The summed E-state index contributed by atoms with van der Waals surface area (Å²) < 4.78 is 0. The van der Waals surface area contributed by atoms with Gasteiger partial charge in [0.05, 0.1) is 6.54 Å². The highest BCUT2D eigenvalue weighted by Gasteiger charge is 2.28. The van der Waals surface area contributed by atoms with Crippen molar-refractivity contribution >= 4 is 17.7 Å². The van der Waals surface area contributed by atoms with Crippen molar-refractivity contribution in [2.45, 2.75) is 0 Å². The van der Waals surface area contributed by atoms with Crippen LogP contribution in [0.25, 0.3) is 0 Å². The number of nitrogens with one attached hydrogen (secondary N) is 1. The van der Waals surface area contributed by atoms with E-state index in [1.54, 1.807) is 0 Å². The highest BCUT2D eigenvalue weighted by Crippen LogP contribution is 1.91. The number of imide groups is 1. The van der Waals surface area contributed by atoms with Crippen molar-refractivity contribution in [3.8, 4) is 0 Å². The van der Waals surface area contributed by atoms with E-state index in [1.807, 2.05) is 0 Å². The standard InChI is InChI=1S/C5H6N2O3/c1-7-3(8)2-6-4(9)5(7)10/h2H2,1H3,(H,6,9). The molecule has 0 aromatic rings. The molecule has 0 spiro atoms. The number of hydrogen-bond acceptors (Lipinski definition) is 3.